The van der Waals surface area contributed by atoms with E-state index in [4.69, 9.17) is 0 Å². The molecule has 0 saturated heterocycles. The van der Waals surface area contributed by atoms with E-state index in [9.17, 15) is 13.2 Å². The molecule has 0 N–H and O–H groups in total. The Hall–Kier alpha value is -2.29. The van der Waals surface area contributed by atoms with E-state index in [0.717, 1.165) is 29.5 Å². The van der Waals surface area contributed by atoms with Crippen LogP contribution in [0.5, 0.6) is 0 Å². The molecule has 0 fully saturated rings. The molecule has 0 heterocycles. The molecular formula is C18H13F3. The smallest absolute Gasteiger partial charge is 0.159 e. The van der Waals surface area contributed by atoms with Gasteiger partial charge in [0.25, 0.3) is 0 Å². The van der Waals surface area contributed by atoms with E-state index in [-0.39, 0.29) is 5.56 Å². The van der Waals surface area contributed by atoms with Crippen molar-refractivity contribution in [2.75, 3.05) is 0 Å². The molecule has 0 aliphatic rings. The molecule has 0 unspecified atom stereocenters. The normalized spacial score (nSPS) is 11.0. The van der Waals surface area contributed by atoms with Gasteiger partial charge in [-0.05, 0) is 35.1 Å². The minimum Gasteiger partial charge on any atom is -0.206 e. The van der Waals surface area contributed by atoms with Crippen LogP contribution in [0.15, 0.2) is 48.5 Å². The van der Waals surface area contributed by atoms with E-state index in [0.29, 0.717) is 10.9 Å². The molecule has 106 valence electrons. The Morgan fingerprint density at radius 3 is 2.33 bits per heavy atom. The van der Waals surface area contributed by atoms with Crippen molar-refractivity contribution < 1.29 is 13.2 Å². The molecule has 0 atom stereocenters. The third-order valence-electron chi connectivity index (χ3n) is 3.66. The summed E-state index contributed by atoms with van der Waals surface area (Å²) in [5, 5.41) is 1.28. The topological polar surface area (TPSA) is 0 Å². The SMILES string of the molecule is CCc1ccc2c(F)c(-c3ccc(F)c(F)c3)ccc2c1. The molecule has 3 heteroatoms. The van der Waals surface area contributed by atoms with Gasteiger partial charge >= 0.3 is 0 Å². The van der Waals surface area contributed by atoms with Crippen molar-refractivity contribution in [2.45, 2.75) is 13.3 Å². The van der Waals surface area contributed by atoms with E-state index >= 15 is 0 Å². The molecule has 3 aromatic carbocycles. The predicted octanol–water partition coefficient (Wildman–Crippen LogP) is 5.49. The van der Waals surface area contributed by atoms with Gasteiger partial charge in [-0.25, -0.2) is 13.2 Å². The van der Waals surface area contributed by atoms with Crippen LogP contribution in [0, 0.1) is 17.5 Å². The van der Waals surface area contributed by atoms with Gasteiger partial charge in [0.2, 0.25) is 0 Å². The summed E-state index contributed by atoms with van der Waals surface area (Å²) in [6.45, 7) is 2.03. The second-order valence-corrected chi connectivity index (χ2v) is 4.97. The van der Waals surface area contributed by atoms with Crippen LogP contribution < -0.4 is 0 Å². The first-order chi connectivity index (χ1) is 10.1. The average Bonchev–Trinajstić information content (AvgIpc) is 2.50. The lowest BCUT2D eigenvalue weighted by molar-refractivity contribution is 0.509. The maximum Gasteiger partial charge on any atom is 0.159 e. The van der Waals surface area contributed by atoms with Crippen LogP contribution in [0.2, 0.25) is 0 Å². The van der Waals surface area contributed by atoms with E-state index in [1.165, 1.54) is 6.07 Å². The molecule has 0 saturated carbocycles. The van der Waals surface area contributed by atoms with Crippen molar-refractivity contribution in [1.82, 2.24) is 0 Å². The number of halogens is 3. The van der Waals surface area contributed by atoms with Crippen molar-refractivity contribution in [3.63, 3.8) is 0 Å². The molecule has 0 spiro atoms. The maximum absolute atomic E-state index is 14.6. The first-order valence-electron chi connectivity index (χ1n) is 6.76. The quantitative estimate of drug-likeness (QED) is 0.584. The van der Waals surface area contributed by atoms with Crippen molar-refractivity contribution >= 4 is 10.8 Å². The number of benzene rings is 3. The van der Waals surface area contributed by atoms with Crippen LogP contribution in [-0.2, 0) is 6.42 Å². The third kappa shape index (κ3) is 2.40. The van der Waals surface area contributed by atoms with Gasteiger partial charge in [0.05, 0.1) is 0 Å². The largest absolute Gasteiger partial charge is 0.206 e. The zero-order valence-corrected chi connectivity index (χ0v) is 11.5. The second kappa shape index (κ2) is 5.24. The van der Waals surface area contributed by atoms with Gasteiger partial charge in [-0.1, -0.05) is 43.3 Å². The minimum absolute atomic E-state index is 0.269. The second-order valence-electron chi connectivity index (χ2n) is 4.97. The van der Waals surface area contributed by atoms with E-state index < -0.39 is 17.5 Å². The van der Waals surface area contributed by atoms with Crippen molar-refractivity contribution in [2.24, 2.45) is 0 Å². The van der Waals surface area contributed by atoms with E-state index in [1.54, 1.807) is 18.2 Å². The summed E-state index contributed by atoms with van der Waals surface area (Å²) in [4.78, 5) is 0. The van der Waals surface area contributed by atoms with Crippen LogP contribution in [-0.4, -0.2) is 0 Å². The molecule has 0 nitrogen and oxygen atoms in total. The fraction of sp³-hybridized carbons (Fsp3) is 0.111. The van der Waals surface area contributed by atoms with Gasteiger partial charge in [-0.3, -0.25) is 0 Å². The summed E-state index contributed by atoms with van der Waals surface area (Å²) in [5.41, 5.74) is 1.72. The van der Waals surface area contributed by atoms with Crippen molar-refractivity contribution in [3.05, 3.63) is 71.5 Å². The van der Waals surface area contributed by atoms with Crippen LogP contribution in [0.1, 0.15) is 12.5 Å². The van der Waals surface area contributed by atoms with E-state index in [1.807, 2.05) is 19.1 Å². The van der Waals surface area contributed by atoms with Crippen LogP contribution in [0.3, 0.4) is 0 Å². The summed E-state index contributed by atoms with van der Waals surface area (Å²) in [7, 11) is 0. The van der Waals surface area contributed by atoms with Gasteiger partial charge < -0.3 is 0 Å². The number of hydrogen-bond donors (Lipinski definition) is 0. The van der Waals surface area contributed by atoms with Crippen molar-refractivity contribution in [3.8, 4) is 11.1 Å². The van der Waals surface area contributed by atoms with E-state index in [2.05, 4.69) is 0 Å². The third-order valence-corrected chi connectivity index (χ3v) is 3.66. The summed E-state index contributed by atoms with van der Waals surface area (Å²) < 4.78 is 40.9. The van der Waals surface area contributed by atoms with Crippen molar-refractivity contribution in [1.29, 1.82) is 0 Å². The zero-order valence-electron chi connectivity index (χ0n) is 11.5. The zero-order chi connectivity index (χ0) is 15.0. The van der Waals surface area contributed by atoms with Crippen LogP contribution >= 0.6 is 0 Å². The highest BCUT2D eigenvalue weighted by molar-refractivity contribution is 5.88. The summed E-state index contributed by atoms with van der Waals surface area (Å²) in [6.07, 6.45) is 0.877. The molecule has 0 bridgehead atoms. The van der Waals surface area contributed by atoms with Gasteiger partial charge in [-0.2, -0.15) is 0 Å². The Kier molecular flexibility index (Phi) is 3.42. The number of hydrogen-bond acceptors (Lipinski definition) is 0. The molecular weight excluding hydrogens is 273 g/mol. The Bertz CT molecular complexity index is 822. The average molecular weight is 286 g/mol. The highest BCUT2D eigenvalue weighted by atomic mass is 19.2. The highest BCUT2D eigenvalue weighted by Crippen LogP contribution is 2.30. The number of rotatable bonds is 2. The fourth-order valence-electron chi connectivity index (χ4n) is 2.45. The Morgan fingerprint density at radius 1 is 0.810 bits per heavy atom. The summed E-state index contributed by atoms with van der Waals surface area (Å²) >= 11 is 0. The van der Waals surface area contributed by atoms with Gasteiger partial charge in [-0.15, -0.1) is 0 Å². The Morgan fingerprint density at radius 2 is 1.62 bits per heavy atom. The summed E-state index contributed by atoms with van der Waals surface area (Å²) in [6, 6.07) is 12.3. The van der Waals surface area contributed by atoms with Gasteiger partial charge in [0.15, 0.2) is 11.6 Å². The summed E-state index contributed by atoms with van der Waals surface area (Å²) in [5.74, 6) is -2.33. The molecule has 0 aromatic heterocycles. The lowest BCUT2D eigenvalue weighted by atomic mass is 9.98. The highest BCUT2D eigenvalue weighted by Gasteiger charge is 2.11. The molecule has 3 aromatic rings. The monoisotopic (exact) mass is 286 g/mol. The lowest BCUT2D eigenvalue weighted by Gasteiger charge is -2.08. The molecule has 0 aliphatic heterocycles. The number of aryl methyl sites for hydroxylation is 1. The predicted molar refractivity (Wildman–Crippen MR) is 78.6 cm³/mol. The molecule has 0 radical (unpaired) electrons. The fourth-order valence-corrected chi connectivity index (χ4v) is 2.45. The standard InChI is InChI=1S/C18H13F3/c1-2-11-3-6-14-12(9-11)4-7-15(18(14)21)13-5-8-16(19)17(20)10-13/h3-10H,2H2,1H3. The lowest BCUT2D eigenvalue weighted by Crippen LogP contribution is -1.91. The first kappa shape index (κ1) is 13.7. The molecule has 21 heavy (non-hydrogen) atoms. The van der Waals surface area contributed by atoms with Gasteiger partial charge in [0.1, 0.15) is 5.82 Å². The van der Waals surface area contributed by atoms with Gasteiger partial charge in [0, 0.05) is 10.9 Å². The first-order valence-corrected chi connectivity index (χ1v) is 6.76. The van der Waals surface area contributed by atoms with Crippen LogP contribution in [0.25, 0.3) is 21.9 Å². The Labute approximate surface area is 120 Å². The van der Waals surface area contributed by atoms with Crippen LogP contribution in [0.4, 0.5) is 13.2 Å². The molecule has 0 aliphatic carbocycles. The maximum atomic E-state index is 14.6. The minimum atomic E-state index is -0.978. The molecule has 3 rings (SSSR count). The molecule has 0 amide bonds. The number of fused-ring (bicyclic) bond motifs is 1. The Balaban J connectivity index is 2.19.